The monoisotopic (exact) mass is 311 g/mol. The smallest absolute Gasteiger partial charge is 0.212 e. The molecule has 0 aliphatic carbocycles. The molecular weight excluding hydrogens is 296 g/mol. The number of sulfonamides is 1. The van der Waals surface area contributed by atoms with E-state index in [1.165, 1.54) is 6.07 Å². The van der Waals surface area contributed by atoms with Crippen LogP contribution in [0.4, 0.5) is 8.78 Å². The van der Waals surface area contributed by atoms with E-state index in [0.717, 1.165) is 17.7 Å². The average molecular weight is 311 g/mol. The van der Waals surface area contributed by atoms with E-state index in [4.69, 9.17) is 0 Å². The highest BCUT2D eigenvalue weighted by molar-refractivity contribution is 7.88. The minimum absolute atomic E-state index is 0.101. The maximum absolute atomic E-state index is 13.4. The summed E-state index contributed by atoms with van der Waals surface area (Å²) in [4.78, 5) is 0. The van der Waals surface area contributed by atoms with Crippen LogP contribution >= 0.6 is 0 Å². The fourth-order valence-corrected chi connectivity index (χ4v) is 3.02. The van der Waals surface area contributed by atoms with Gasteiger partial charge in [0.15, 0.2) is 0 Å². The number of nitrogens with one attached hydrogen (secondary N) is 1. The lowest BCUT2D eigenvalue weighted by molar-refractivity contribution is 0.562. The summed E-state index contributed by atoms with van der Waals surface area (Å²) in [5.41, 5.74) is 1.72. The van der Waals surface area contributed by atoms with Crippen molar-refractivity contribution in [3.8, 4) is 0 Å². The van der Waals surface area contributed by atoms with Gasteiger partial charge in [-0.2, -0.15) is 0 Å². The number of halogens is 2. The van der Waals surface area contributed by atoms with Crippen molar-refractivity contribution in [1.29, 1.82) is 0 Å². The van der Waals surface area contributed by atoms with Gasteiger partial charge in [0.05, 0.1) is 5.75 Å². The highest BCUT2D eigenvalue weighted by Crippen LogP contribution is 2.11. The topological polar surface area (TPSA) is 46.2 Å². The fourth-order valence-electron chi connectivity index (χ4n) is 1.93. The normalized spacial score (nSPS) is 11.6. The molecule has 0 aliphatic rings. The van der Waals surface area contributed by atoms with Gasteiger partial charge in [0.25, 0.3) is 0 Å². The van der Waals surface area contributed by atoms with E-state index >= 15 is 0 Å². The molecule has 0 atom stereocenters. The molecule has 6 heteroatoms. The summed E-state index contributed by atoms with van der Waals surface area (Å²) in [7, 11) is -3.59. The van der Waals surface area contributed by atoms with E-state index in [1.54, 1.807) is 18.2 Å². The molecule has 1 N–H and O–H groups in total. The van der Waals surface area contributed by atoms with Gasteiger partial charge in [-0.05, 0) is 18.6 Å². The van der Waals surface area contributed by atoms with Gasteiger partial charge < -0.3 is 0 Å². The number of aryl methyl sites for hydroxylation is 1. The van der Waals surface area contributed by atoms with Gasteiger partial charge in [0.1, 0.15) is 11.6 Å². The minimum Gasteiger partial charge on any atom is -0.212 e. The predicted octanol–water partition coefficient (Wildman–Crippen LogP) is 2.89. The molecule has 0 heterocycles. The zero-order valence-corrected chi connectivity index (χ0v) is 12.3. The third kappa shape index (κ3) is 4.61. The van der Waals surface area contributed by atoms with Crippen molar-refractivity contribution >= 4 is 10.0 Å². The second-order valence-electron chi connectivity index (χ2n) is 4.80. The maximum atomic E-state index is 13.4. The number of benzene rings is 2. The van der Waals surface area contributed by atoms with Gasteiger partial charge in [-0.3, -0.25) is 0 Å². The molecule has 2 rings (SSSR count). The van der Waals surface area contributed by atoms with Crippen LogP contribution < -0.4 is 4.72 Å². The Balaban J connectivity index is 2.04. The van der Waals surface area contributed by atoms with Crippen molar-refractivity contribution in [2.45, 2.75) is 19.2 Å². The predicted molar refractivity (Wildman–Crippen MR) is 77.0 cm³/mol. The van der Waals surface area contributed by atoms with E-state index in [-0.39, 0.29) is 17.9 Å². The fraction of sp³-hybridized carbons (Fsp3) is 0.200. The van der Waals surface area contributed by atoms with Crippen LogP contribution in [0.3, 0.4) is 0 Å². The number of rotatable bonds is 5. The molecule has 112 valence electrons. The number of hydrogen-bond donors (Lipinski definition) is 1. The van der Waals surface area contributed by atoms with E-state index in [9.17, 15) is 17.2 Å². The van der Waals surface area contributed by atoms with E-state index in [0.29, 0.717) is 5.56 Å². The molecule has 3 nitrogen and oxygen atoms in total. The highest BCUT2D eigenvalue weighted by Gasteiger charge is 2.13. The van der Waals surface area contributed by atoms with Crippen LogP contribution in [-0.2, 0) is 22.3 Å². The Bertz CT molecular complexity index is 745. The van der Waals surface area contributed by atoms with Gasteiger partial charge in [-0.25, -0.2) is 21.9 Å². The van der Waals surface area contributed by atoms with Crippen molar-refractivity contribution in [3.63, 3.8) is 0 Å². The molecule has 0 spiro atoms. The Morgan fingerprint density at radius 1 is 1.10 bits per heavy atom. The van der Waals surface area contributed by atoms with Gasteiger partial charge in [0, 0.05) is 18.2 Å². The molecule has 0 aromatic heterocycles. The van der Waals surface area contributed by atoms with Crippen LogP contribution in [-0.4, -0.2) is 8.42 Å². The van der Waals surface area contributed by atoms with Gasteiger partial charge in [-0.15, -0.1) is 0 Å². The van der Waals surface area contributed by atoms with Crippen molar-refractivity contribution in [2.24, 2.45) is 0 Å². The van der Waals surface area contributed by atoms with Crippen molar-refractivity contribution in [3.05, 3.63) is 70.8 Å². The van der Waals surface area contributed by atoms with Crippen LogP contribution in [0.1, 0.15) is 16.7 Å². The molecule has 2 aromatic carbocycles. The standard InChI is InChI=1S/C15H15F2NO2S/c1-11-3-2-4-12(7-11)10-21(19,20)18-9-13-5-6-14(16)8-15(13)17/h2-8,18H,9-10H2,1H3. The van der Waals surface area contributed by atoms with Crippen LogP contribution in [0.15, 0.2) is 42.5 Å². The highest BCUT2D eigenvalue weighted by atomic mass is 32.2. The first kappa shape index (κ1) is 15.6. The molecule has 0 saturated carbocycles. The van der Waals surface area contributed by atoms with Crippen LogP contribution in [0.2, 0.25) is 0 Å². The summed E-state index contributed by atoms with van der Waals surface area (Å²) < 4.78 is 52.4. The van der Waals surface area contributed by atoms with Crippen molar-refractivity contribution in [2.75, 3.05) is 0 Å². The zero-order valence-electron chi connectivity index (χ0n) is 11.4. The summed E-state index contributed by atoms with van der Waals surface area (Å²) in [6, 6.07) is 10.2. The SMILES string of the molecule is Cc1cccc(CS(=O)(=O)NCc2ccc(F)cc2F)c1. The maximum Gasteiger partial charge on any atom is 0.216 e. The Kier molecular flexibility index (Phi) is 4.69. The lowest BCUT2D eigenvalue weighted by Crippen LogP contribution is -2.25. The third-order valence-corrected chi connectivity index (χ3v) is 4.23. The molecule has 0 bridgehead atoms. The van der Waals surface area contributed by atoms with E-state index in [1.807, 2.05) is 13.0 Å². The molecule has 0 saturated heterocycles. The first-order valence-corrected chi connectivity index (χ1v) is 7.98. The summed E-state index contributed by atoms with van der Waals surface area (Å²) >= 11 is 0. The van der Waals surface area contributed by atoms with Gasteiger partial charge >= 0.3 is 0 Å². The Morgan fingerprint density at radius 2 is 1.86 bits per heavy atom. The first-order chi connectivity index (χ1) is 9.85. The molecule has 0 radical (unpaired) electrons. The average Bonchev–Trinajstić information content (AvgIpc) is 2.37. The van der Waals surface area contributed by atoms with E-state index < -0.39 is 21.7 Å². The van der Waals surface area contributed by atoms with Crippen molar-refractivity contribution < 1.29 is 17.2 Å². The summed E-state index contributed by atoms with van der Waals surface area (Å²) in [6.07, 6.45) is 0. The summed E-state index contributed by atoms with van der Waals surface area (Å²) in [5, 5.41) is 0. The summed E-state index contributed by atoms with van der Waals surface area (Å²) in [5.74, 6) is -1.65. The Hall–Kier alpha value is -1.79. The zero-order chi connectivity index (χ0) is 15.5. The molecule has 2 aromatic rings. The molecular formula is C15H15F2NO2S. The lowest BCUT2D eigenvalue weighted by Gasteiger charge is -2.08. The Morgan fingerprint density at radius 3 is 2.52 bits per heavy atom. The largest absolute Gasteiger partial charge is 0.216 e. The minimum atomic E-state index is -3.59. The van der Waals surface area contributed by atoms with Crippen molar-refractivity contribution in [1.82, 2.24) is 4.72 Å². The van der Waals surface area contributed by atoms with Crippen LogP contribution in [0, 0.1) is 18.6 Å². The van der Waals surface area contributed by atoms with Crippen LogP contribution in [0.25, 0.3) is 0 Å². The Labute approximate surface area is 122 Å². The molecule has 0 aliphatic heterocycles. The molecule has 0 amide bonds. The summed E-state index contributed by atoms with van der Waals surface area (Å²) in [6.45, 7) is 1.66. The first-order valence-electron chi connectivity index (χ1n) is 6.32. The molecule has 0 fully saturated rings. The quantitative estimate of drug-likeness (QED) is 0.923. The molecule has 0 unspecified atom stereocenters. The van der Waals surface area contributed by atoms with E-state index in [2.05, 4.69) is 4.72 Å². The second-order valence-corrected chi connectivity index (χ2v) is 6.61. The number of hydrogen-bond acceptors (Lipinski definition) is 2. The molecule has 21 heavy (non-hydrogen) atoms. The van der Waals surface area contributed by atoms with Crippen LogP contribution in [0.5, 0.6) is 0 Å². The lowest BCUT2D eigenvalue weighted by atomic mass is 10.2. The third-order valence-electron chi connectivity index (χ3n) is 2.94. The van der Waals surface area contributed by atoms with Gasteiger partial charge in [0.2, 0.25) is 10.0 Å². The van der Waals surface area contributed by atoms with Gasteiger partial charge in [-0.1, -0.05) is 35.9 Å². The second kappa shape index (κ2) is 6.32.